The number of carbonyl (C=O) groups is 2. The molecule has 8 nitrogen and oxygen atoms in total. The smallest absolute Gasteiger partial charge is 0.410 e. The topological polar surface area (TPSA) is 87.7 Å². The zero-order valence-corrected chi connectivity index (χ0v) is 12.3. The lowest BCUT2D eigenvalue weighted by molar-refractivity contribution is -0.121. The Hall–Kier alpha value is -2.38. The van der Waals surface area contributed by atoms with Gasteiger partial charge >= 0.3 is 6.09 Å². The fraction of sp³-hybridized carbons (Fsp3) is 0.571. The molecule has 2 aliphatic rings. The van der Waals surface area contributed by atoms with Crippen LogP contribution in [0.4, 0.5) is 10.7 Å². The highest BCUT2D eigenvalue weighted by Gasteiger charge is 2.24. The summed E-state index contributed by atoms with van der Waals surface area (Å²) in [7, 11) is 0. The summed E-state index contributed by atoms with van der Waals surface area (Å²) in [6, 6.07) is 1.78. The van der Waals surface area contributed by atoms with Crippen molar-refractivity contribution in [2.24, 2.45) is 0 Å². The quantitative estimate of drug-likeness (QED) is 0.833. The maximum atomic E-state index is 11.8. The first-order chi connectivity index (χ1) is 10.7. The van der Waals surface area contributed by atoms with Gasteiger partial charge in [0.2, 0.25) is 11.9 Å². The Balaban J connectivity index is 1.51. The Morgan fingerprint density at radius 1 is 1.32 bits per heavy atom. The highest BCUT2D eigenvalue weighted by atomic mass is 16.6. The van der Waals surface area contributed by atoms with Crippen LogP contribution in [-0.2, 0) is 16.1 Å². The van der Waals surface area contributed by atoms with Gasteiger partial charge in [0.1, 0.15) is 13.2 Å². The van der Waals surface area contributed by atoms with Crippen LogP contribution >= 0.6 is 0 Å². The van der Waals surface area contributed by atoms with Gasteiger partial charge in [0.05, 0.1) is 18.8 Å². The Morgan fingerprint density at radius 3 is 2.86 bits per heavy atom. The molecule has 22 heavy (non-hydrogen) atoms. The average molecular weight is 305 g/mol. The van der Waals surface area contributed by atoms with Gasteiger partial charge in [0, 0.05) is 19.3 Å². The van der Waals surface area contributed by atoms with Gasteiger partial charge in [-0.3, -0.25) is 9.69 Å². The summed E-state index contributed by atoms with van der Waals surface area (Å²) in [4.78, 5) is 35.4. The van der Waals surface area contributed by atoms with E-state index < -0.39 is 6.09 Å². The number of ether oxygens (including phenoxy) is 1. The highest BCUT2D eigenvalue weighted by molar-refractivity contribution is 5.82. The van der Waals surface area contributed by atoms with E-state index >= 15 is 0 Å². The molecule has 1 aromatic rings. The van der Waals surface area contributed by atoms with Crippen molar-refractivity contribution < 1.29 is 14.3 Å². The summed E-state index contributed by atoms with van der Waals surface area (Å²) >= 11 is 0. The van der Waals surface area contributed by atoms with Gasteiger partial charge in [-0.15, -0.1) is 0 Å². The molecule has 0 aliphatic carbocycles. The maximum Gasteiger partial charge on any atom is 0.410 e. The van der Waals surface area contributed by atoms with Gasteiger partial charge in [-0.25, -0.2) is 14.8 Å². The predicted octanol–water partition coefficient (Wildman–Crippen LogP) is 0.145. The fourth-order valence-corrected chi connectivity index (χ4v) is 2.54. The van der Waals surface area contributed by atoms with Gasteiger partial charge in [-0.05, 0) is 18.9 Å². The van der Waals surface area contributed by atoms with E-state index in [-0.39, 0.29) is 12.5 Å². The highest BCUT2D eigenvalue weighted by Crippen LogP contribution is 2.15. The van der Waals surface area contributed by atoms with Crippen LogP contribution in [0, 0.1) is 0 Å². The molecule has 0 saturated carbocycles. The second kappa shape index (κ2) is 6.59. The SMILES string of the molecule is O=C(CN1CCOC1=O)NCc1ccnc(N2CCCC2)n1. The Labute approximate surface area is 128 Å². The lowest BCUT2D eigenvalue weighted by Gasteiger charge is -2.16. The van der Waals surface area contributed by atoms with Crippen LogP contribution in [0.5, 0.6) is 0 Å². The number of rotatable bonds is 5. The zero-order chi connectivity index (χ0) is 15.4. The summed E-state index contributed by atoms with van der Waals surface area (Å²) in [6.45, 7) is 3.10. The van der Waals surface area contributed by atoms with Gasteiger partial charge in [-0.1, -0.05) is 0 Å². The van der Waals surface area contributed by atoms with Crippen molar-refractivity contribution in [3.63, 3.8) is 0 Å². The monoisotopic (exact) mass is 305 g/mol. The minimum Gasteiger partial charge on any atom is -0.448 e. The lowest BCUT2D eigenvalue weighted by atomic mass is 10.4. The van der Waals surface area contributed by atoms with Crippen LogP contribution in [-0.4, -0.2) is 59.7 Å². The molecule has 2 aliphatic heterocycles. The Bertz CT molecular complexity index is 559. The first-order valence-electron chi connectivity index (χ1n) is 7.47. The number of anilines is 1. The number of aromatic nitrogens is 2. The van der Waals surface area contributed by atoms with E-state index in [2.05, 4.69) is 20.2 Å². The molecule has 0 unspecified atom stereocenters. The summed E-state index contributed by atoms with van der Waals surface area (Å²) in [5.41, 5.74) is 0.759. The number of carbonyl (C=O) groups excluding carboxylic acids is 2. The van der Waals surface area contributed by atoms with Crippen LogP contribution in [0.15, 0.2) is 12.3 Å². The minimum atomic E-state index is -0.437. The number of hydrogen-bond acceptors (Lipinski definition) is 6. The third-order valence-corrected chi connectivity index (χ3v) is 3.74. The van der Waals surface area contributed by atoms with Crippen molar-refractivity contribution in [2.45, 2.75) is 19.4 Å². The van der Waals surface area contributed by atoms with Gasteiger partial charge in [0.25, 0.3) is 0 Å². The van der Waals surface area contributed by atoms with E-state index in [4.69, 9.17) is 4.74 Å². The molecule has 0 spiro atoms. The average Bonchev–Trinajstić information content (AvgIpc) is 3.18. The normalized spacial score (nSPS) is 17.7. The summed E-state index contributed by atoms with van der Waals surface area (Å²) in [5.74, 6) is 0.493. The van der Waals surface area contributed by atoms with E-state index in [1.54, 1.807) is 12.3 Å². The van der Waals surface area contributed by atoms with Crippen molar-refractivity contribution in [3.8, 4) is 0 Å². The number of cyclic esters (lactones) is 1. The predicted molar refractivity (Wildman–Crippen MR) is 78.2 cm³/mol. The Kier molecular flexibility index (Phi) is 4.36. The molecule has 1 aromatic heterocycles. The number of hydrogen-bond donors (Lipinski definition) is 1. The van der Waals surface area contributed by atoms with Crippen molar-refractivity contribution in [3.05, 3.63) is 18.0 Å². The Morgan fingerprint density at radius 2 is 2.14 bits per heavy atom. The number of amides is 2. The first kappa shape index (κ1) is 14.6. The molecule has 1 N–H and O–H groups in total. The molecule has 3 rings (SSSR count). The zero-order valence-electron chi connectivity index (χ0n) is 12.3. The van der Waals surface area contributed by atoms with E-state index in [9.17, 15) is 9.59 Å². The van der Waals surface area contributed by atoms with Crippen LogP contribution in [0.1, 0.15) is 18.5 Å². The molecule has 0 aromatic carbocycles. The lowest BCUT2D eigenvalue weighted by Crippen LogP contribution is -2.37. The van der Waals surface area contributed by atoms with Crippen molar-refractivity contribution in [1.29, 1.82) is 0 Å². The van der Waals surface area contributed by atoms with Crippen LogP contribution in [0.2, 0.25) is 0 Å². The van der Waals surface area contributed by atoms with Crippen LogP contribution in [0.25, 0.3) is 0 Å². The van der Waals surface area contributed by atoms with E-state index in [0.717, 1.165) is 31.6 Å². The second-order valence-corrected chi connectivity index (χ2v) is 5.35. The molecular formula is C14H19N5O3. The van der Waals surface area contributed by atoms with E-state index in [1.165, 1.54) is 4.90 Å². The second-order valence-electron chi connectivity index (χ2n) is 5.35. The molecule has 3 heterocycles. The number of nitrogens with zero attached hydrogens (tertiary/aromatic N) is 4. The first-order valence-corrected chi connectivity index (χ1v) is 7.47. The third kappa shape index (κ3) is 3.44. The summed E-state index contributed by atoms with van der Waals surface area (Å²) in [6.07, 6.45) is 3.60. The third-order valence-electron chi connectivity index (χ3n) is 3.74. The largest absolute Gasteiger partial charge is 0.448 e. The standard InChI is InChI=1S/C14H19N5O3/c20-12(10-19-7-8-22-14(19)21)16-9-11-3-4-15-13(17-11)18-5-1-2-6-18/h3-4H,1-2,5-10H2,(H,16,20). The number of nitrogens with one attached hydrogen (secondary N) is 1. The van der Waals surface area contributed by atoms with Crippen molar-refractivity contribution in [2.75, 3.05) is 37.7 Å². The van der Waals surface area contributed by atoms with Crippen LogP contribution < -0.4 is 10.2 Å². The summed E-state index contributed by atoms with van der Waals surface area (Å²) < 4.78 is 4.78. The molecular weight excluding hydrogens is 286 g/mol. The van der Waals surface area contributed by atoms with Gasteiger partial charge < -0.3 is 15.0 Å². The van der Waals surface area contributed by atoms with Gasteiger partial charge in [-0.2, -0.15) is 0 Å². The molecule has 0 radical (unpaired) electrons. The molecule has 0 atom stereocenters. The van der Waals surface area contributed by atoms with Crippen molar-refractivity contribution in [1.82, 2.24) is 20.2 Å². The molecule has 2 fully saturated rings. The van der Waals surface area contributed by atoms with Crippen LogP contribution in [0.3, 0.4) is 0 Å². The fourth-order valence-electron chi connectivity index (χ4n) is 2.54. The maximum absolute atomic E-state index is 11.8. The summed E-state index contributed by atoms with van der Waals surface area (Å²) in [5, 5.41) is 2.77. The van der Waals surface area contributed by atoms with E-state index in [1.807, 2.05) is 0 Å². The molecule has 0 bridgehead atoms. The van der Waals surface area contributed by atoms with E-state index in [0.29, 0.717) is 25.6 Å². The molecule has 118 valence electrons. The molecule has 8 heteroatoms. The van der Waals surface area contributed by atoms with Gasteiger partial charge in [0.15, 0.2) is 0 Å². The van der Waals surface area contributed by atoms with Crippen molar-refractivity contribution >= 4 is 17.9 Å². The minimum absolute atomic E-state index is 0.0168. The molecule has 2 amide bonds. The molecule has 2 saturated heterocycles.